The van der Waals surface area contributed by atoms with Crippen LogP contribution in [0.25, 0.3) is 0 Å². The van der Waals surface area contributed by atoms with Gasteiger partial charge < -0.3 is 10.2 Å². The van der Waals surface area contributed by atoms with Crippen LogP contribution in [0.15, 0.2) is 23.4 Å². The van der Waals surface area contributed by atoms with Crippen molar-refractivity contribution < 1.29 is 4.79 Å². The first-order valence-electron chi connectivity index (χ1n) is 3.78. The molecule has 1 unspecified atom stereocenters. The molecule has 1 heterocycles. The largest absolute Gasteiger partial charge is 0.321 e. The van der Waals surface area contributed by atoms with Crippen LogP contribution < -0.4 is 10.9 Å². The highest BCUT2D eigenvalue weighted by Gasteiger charge is 2.23. The van der Waals surface area contributed by atoms with E-state index in [-0.39, 0.29) is 6.04 Å². The van der Waals surface area contributed by atoms with E-state index in [0.29, 0.717) is 0 Å². The number of hydrazine groups is 1. The number of nitrogens with one attached hydrogen (secondary N) is 2. The van der Waals surface area contributed by atoms with Gasteiger partial charge in [-0.25, -0.2) is 5.43 Å². The van der Waals surface area contributed by atoms with Crippen LogP contribution in [0.2, 0.25) is 0 Å². The molecule has 0 saturated carbocycles. The molecule has 0 spiro atoms. The maximum Gasteiger partial charge on any atom is 0.142 e. The SMILES string of the molecule is O=CC1NNC2=C1CCC=C2. The van der Waals surface area contributed by atoms with E-state index in [9.17, 15) is 4.79 Å². The third kappa shape index (κ3) is 0.973. The summed E-state index contributed by atoms with van der Waals surface area (Å²) in [5, 5.41) is 0. The summed E-state index contributed by atoms with van der Waals surface area (Å²) < 4.78 is 0. The number of hydrogen-bond acceptors (Lipinski definition) is 3. The molecule has 1 atom stereocenters. The zero-order valence-electron chi connectivity index (χ0n) is 6.13. The van der Waals surface area contributed by atoms with Crippen LogP contribution >= 0.6 is 0 Å². The van der Waals surface area contributed by atoms with Crippen LogP contribution in [0.5, 0.6) is 0 Å². The van der Waals surface area contributed by atoms with Gasteiger partial charge in [0.05, 0.1) is 0 Å². The Morgan fingerprint density at radius 2 is 2.55 bits per heavy atom. The molecule has 1 aliphatic carbocycles. The molecule has 0 aromatic rings. The maximum atomic E-state index is 10.5. The third-order valence-corrected chi connectivity index (χ3v) is 2.08. The minimum absolute atomic E-state index is 0.102. The Morgan fingerprint density at radius 3 is 3.36 bits per heavy atom. The predicted molar refractivity (Wildman–Crippen MR) is 41.5 cm³/mol. The zero-order chi connectivity index (χ0) is 7.68. The van der Waals surface area contributed by atoms with E-state index >= 15 is 0 Å². The van der Waals surface area contributed by atoms with Crippen molar-refractivity contribution in [1.82, 2.24) is 10.9 Å². The second-order valence-electron chi connectivity index (χ2n) is 2.76. The van der Waals surface area contributed by atoms with E-state index < -0.39 is 0 Å². The lowest BCUT2D eigenvalue weighted by molar-refractivity contribution is -0.108. The molecule has 11 heavy (non-hydrogen) atoms. The van der Waals surface area contributed by atoms with Gasteiger partial charge in [0.1, 0.15) is 12.3 Å². The van der Waals surface area contributed by atoms with Gasteiger partial charge in [0.15, 0.2) is 0 Å². The number of carbonyl (C=O) groups excluding carboxylic acids is 1. The van der Waals surface area contributed by atoms with E-state index in [1.807, 2.05) is 6.08 Å². The molecule has 2 rings (SSSR count). The number of carbonyl (C=O) groups is 1. The van der Waals surface area contributed by atoms with Crippen molar-refractivity contribution in [3.63, 3.8) is 0 Å². The lowest BCUT2D eigenvalue weighted by atomic mass is 9.98. The standard InChI is InChI=1S/C8H10N2O/c11-5-8-6-3-1-2-4-7(6)9-10-8/h2,4-5,8-10H,1,3H2. The van der Waals surface area contributed by atoms with Gasteiger partial charge in [-0.1, -0.05) is 6.08 Å². The van der Waals surface area contributed by atoms with E-state index in [1.165, 1.54) is 5.57 Å². The summed E-state index contributed by atoms with van der Waals surface area (Å²) in [5.41, 5.74) is 8.15. The normalized spacial score (nSPS) is 28.2. The minimum atomic E-state index is -0.102. The molecule has 2 aliphatic rings. The van der Waals surface area contributed by atoms with Crippen molar-refractivity contribution >= 4 is 6.29 Å². The fraction of sp³-hybridized carbons (Fsp3) is 0.375. The highest BCUT2D eigenvalue weighted by atomic mass is 16.1. The molecule has 2 N–H and O–H groups in total. The Hall–Kier alpha value is -1.09. The van der Waals surface area contributed by atoms with Gasteiger partial charge >= 0.3 is 0 Å². The smallest absolute Gasteiger partial charge is 0.142 e. The first-order chi connectivity index (χ1) is 5.42. The van der Waals surface area contributed by atoms with Gasteiger partial charge in [0.25, 0.3) is 0 Å². The molecule has 3 nitrogen and oxygen atoms in total. The number of aldehydes is 1. The monoisotopic (exact) mass is 150 g/mol. The van der Waals surface area contributed by atoms with Crippen molar-refractivity contribution in [1.29, 1.82) is 0 Å². The molecule has 0 aromatic carbocycles. The molecule has 0 bridgehead atoms. The van der Waals surface area contributed by atoms with E-state index in [1.54, 1.807) is 0 Å². The van der Waals surface area contributed by atoms with E-state index in [4.69, 9.17) is 0 Å². The van der Waals surface area contributed by atoms with Crippen molar-refractivity contribution in [2.45, 2.75) is 18.9 Å². The summed E-state index contributed by atoms with van der Waals surface area (Å²) >= 11 is 0. The van der Waals surface area contributed by atoms with Crippen molar-refractivity contribution in [3.05, 3.63) is 23.4 Å². The average molecular weight is 150 g/mol. The summed E-state index contributed by atoms with van der Waals surface area (Å²) in [6.07, 6.45) is 7.12. The van der Waals surface area contributed by atoms with Crippen molar-refractivity contribution in [2.75, 3.05) is 0 Å². The topological polar surface area (TPSA) is 41.1 Å². The van der Waals surface area contributed by atoms with Crippen LogP contribution in [0.4, 0.5) is 0 Å². The van der Waals surface area contributed by atoms with Gasteiger partial charge in [0, 0.05) is 5.70 Å². The van der Waals surface area contributed by atoms with Crippen LogP contribution in [0, 0.1) is 0 Å². The Morgan fingerprint density at radius 1 is 1.64 bits per heavy atom. The Balaban J connectivity index is 2.28. The molecule has 0 amide bonds. The fourth-order valence-electron chi connectivity index (χ4n) is 1.49. The zero-order valence-corrected chi connectivity index (χ0v) is 6.13. The first kappa shape index (κ1) is 6.61. The molecule has 1 aliphatic heterocycles. The van der Waals surface area contributed by atoms with Gasteiger partial charge in [-0.05, 0) is 24.5 Å². The van der Waals surface area contributed by atoms with Gasteiger partial charge in [-0.3, -0.25) is 0 Å². The van der Waals surface area contributed by atoms with Crippen LogP contribution in [-0.4, -0.2) is 12.3 Å². The second-order valence-corrected chi connectivity index (χ2v) is 2.76. The van der Waals surface area contributed by atoms with Gasteiger partial charge in [-0.15, -0.1) is 0 Å². The molecule has 58 valence electrons. The molecule has 0 aromatic heterocycles. The quantitative estimate of drug-likeness (QED) is 0.527. The molecule has 0 fully saturated rings. The van der Waals surface area contributed by atoms with Crippen molar-refractivity contribution in [3.8, 4) is 0 Å². The summed E-state index contributed by atoms with van der Waals surface area (Å²) in [7, 11) is 0. The summed E-state index contributed by atoms with van der Waals surface area (Å²) in [5.74, 6) is 0. The van der Waals surface area contributed by atoms with E-state index in [2.05, 4.69) is 16.9 Å². The summed E-state index contributed by atoms with van der Waals surface area (Å²) in [6.45, 7) is 0. The third-order valence-electron chi connectivity index (χ3n) is 2.08. The second kappa shape index (κ2) is 2.51. The van der Waals surface area contributed by atoms with Gasteiger partial charge in [0.2, 0.25) is 0 Å². The Kier molecular flexibility index (Phi) is 1.51. The highest BCUT2D eigenvalue weighted by molar-refractivity contribution is 5.66. The van der Waals surface area contributed by atoms with Crippen LogP contribution in [0.3, 0.4) is 0 Å². The minimum Gasteiger partial charge on any atom is -0.321 e. The fourth-order valence-corrected chi connectivity index (χ4v) is 1.49. The average Bonchev–Trinajstić information content (AvgIpc) is 2.47. The Labute approximate surface area is 65.1 Å². The lowest BCUT2D eigenvalue weighted by Gasteiger charge is -2.07. The maximum absolute atomic E-state index is 10.5. The van der Waals surface area contributed by atoms with Crippen molar-refractivity contribution in [2.24, 2.45) is 0 Å². The molecule has 0 radical (unpaired) electrons. The number of allylic oxidation sites excluding steroid dienone is 2. The molecular formula is C8H10N2O. The van der Waals surface area contributed by atoms with Crippen LogP contribution in [0.1, 0.15) is 12.8 Å². The Bertz CT molecular complexity index is 242. The summed E-state index contributed by atoms with van der Waals surface area (Å²) in [6, 6.07) is -0.102. The number of hydrogen-bond donors (Lipinski definition) is 2. The van der Waals surface area contributed by atoms with Crippen LogP contribution in [-0.2, 0) is 4.79 Å². The highest BCUT2D eigenvalue weighted by Crippen LogP contribution is 2.22. The number of rotatable bonds is 1. The lowest BCUT2D eigenvalue weighted by Crippen LogP contribution is -2.33. The predicted octanol–water partition coefficient (Wildman–Crippen LogP) is 0.266. The molecule has 0 saturated heterocycles. The van der Waals surface area contributed by atoms with E-state index in [0.717, 1.165) is 24.8 Å². The molecular weight excluding hydrogens is 140 g/mol. The first-order valence-corrected chi connectivity index (χ1v) is 3.78. The summed E-state index contributed by atoms with van der Waals surface area (Å²) in [4.78, 5) is 10.5. The van der Waals surface area contributed by atoms with Gasteiger partial charge in [-0.2, -0.15) is 0 Å². The molecule has 3 heteroatoms.